The van der Waals surface area contributed by atoms with Crippen LogP contribution >= 0.6 is 0 Å². The van der Waals surface area contributed by atoms with Gasteiger partial charge in [-0.05, 0) is 25.9 Å². The van der Waals surface area contributed by atoms with Crippen molar-refractivity contribution in [3.8, 4) is 0 Å². The minimum absolute atomic E-state index is 0.360. The second-order valence-corrected chi connectivity index (χ2v) is 5.24. The van der Waals surface area contributed by atoms with Gasteiger partial charge in [0.2, 0.25) is 0 Å². The number of hydrogen-bond acceptors (Lipinski definition) is 4. The number of aliphatic carboxylic acids is 2. The second-order valence-electron chi connectivity index (χ2n) is 5.24. The van der Waals surface area contributed by atoms with Crippen molar-refractivity contribution in [2.24, 2.45) is 5.92 Å². The maximum Gasteiger partial charge on any atom is 0.326 e. The van der Waals surface area contributed by atoms with Crippen LogP contribution in [0.1, 0.15) is 12.8 Å². The van der Waals surface area contributed by atoms with Gasteiger partial charge in [-0.2, -0.15) is 0 Å². The van der Waals surface area contributed by atoms with Gasteiger partial charge in [0.1, 0.15) is 6.04 Å². The molecule has 1 aliphatic rings. The van der Waals surface area contributed by atoms with Gasteiger partial charge in [-0.3, -0.25) is 4.79 Å². The van der Waals surface area contributed by atoms with Crippen LogP contribution in [0.5, 0.6) is 0 Å². The molecule has 1 saturated heterocycles. The quantitative estimate of drug-likeness (QED) is 0.608. The van der Waals surface area contributed by atoms with Crippen LogP contribution < -0.4 is 5.32 Å². The van der Waals surface area contributed by atoms with Crippen LogP contribution in [0.15, 0.2) is 0 Å². The van der Waals surface area contributed by atoms with Crippen molar-refractivity contribution >= 4 is 18.0 Å². The number of hydrogen-bond donors (Lipinski definition) is 3. The van der Waals surface area contributed by atoms with Crippen molar-refractivity contribution < 1.29 is 24.6 Å². The summed E-state index contributed by atoms with van der Waals surface area (Å²) in [6, 6.07) is -1.97. The Morgan fingerprint density at radius 3 is 2.50 bits per heavy atom. The number of carboxylic acid groups (broad SMARTS) is 2. The maximum absolute atomic E-state index is 11.9. The van der Waals surface area contributed by atoms with E-state index in [1.807, 2.05) is 7.05 Å². The largest absolute Gasteiger partial charge is 0.481 e. The molecule has 0 aliphatic carbocycles. The smallest absolute Gasteiger partial charge is 0.326 e. The summed E-state index contributed by atoms with van der Waals surface area (Å²) in [5.74, 6) is -2.26. The maximum atomic E-state index is 11.9. The Bertz CT molecular complexity index is 387. The van der Waals surface area contributed by atoms with Crippen LogP contribution in [0.3, 0.4) is 0 Å². The summed E-state index contributed by atoms with van der Waals surface area (Å²) in [5, 5.41) is 19.7. The number of nitrogens with one attached hydrogen (secondary N) is 1. The van der Waals surface area contributed by atoms with Crippen molar-refractivity contribution in [2.45, 2.75) is 18.9 Å². The van der Waals surface area contributed by atoms with E-state index >= 15 is 0 Å². The van der Waals surface area contributed by atoms with E-state index in [0.717, 1.165) is 19.5 Å². The van der Waals surface area contributed by atoms with E-state index in [0.29, 0.717) is 12.5 Å². The van der Waals surface area contributed by atoms with Gasteiger partial charge in [-0.25, -0.2) is 9.59 Å². The molecule has 0 spiro atoms. The molecular weight excluding hydrogens is 266 g/mol. The molecule has 0 aromatic carbocycles. The van der Waals surface area contributed by atoms with Gasteiger partial charge in [0.15, 0.2) is 0 Å². The molecule has 2 amide bonds. The summed E-state index contributed by atoms with van der Waals surface area (Å²) in [7, 11) is 3.58. The van der Waals surface area contributed by atoms with Crippen LogP contribution in [0, 0.1) is 5.92 Å². The Labute approximate surface area is 117 Å². The molecule has 8 nitrogen and oxygen atoms in total. The van der Waals surface area contributed by atoms with Gasteiger partial charge in [0, 0.05) is 20.1 Å². The van der Waals surface area contributed by atoms with Crippen LogP contribution in [0.4, 0.5) is 4.79 Å². The fourth-order valence-corrected chi connectivity index (χ4v) is 2.28. The molecule has 1 aliphatic heterocycles. The molecule has 1 rings (SSSR count). The summed E-state index contributed by atoms with van der Waals surface area (Å²) in [6.45, 7) is 2.40. The van der Waals surface area contributed by atoms with Crippen molar-refractivity contribution in [1.29, 1.82) is 0 Å². The van der Waals surface area contributed by atoms with E-state index < -0.39 is 30.4 Å². The molecule has 20 heavy (non-hydrogen) atoms. The molecule has 8 heteroatoms. The minimum atomic E-state index is -1.41. The third kappa shape index (κ3) is 5.04. The Kier molecular flexibility index (Phi) is 5.75. The molecule has 1 heterocycles. The van der Waals surface area contributed by atoms with E-state index in [4.69, 9.17) is 10.2 Å². The molecule has 1 unspecified atom stereocenters. The van der Waals surface area contributed by atoms with Crippen molar-refractivity contribution in [3.05, 3.63) is 0 Å². The molecule has 0 aromatic rings. The zero-order chi connectivity index (χ0) is 15.3. The topological polar surface area (TPSA) is 110 Å². The fourth-order valence-electron chi connectivity index (χ4n) is 2.28. The van der Waals surface area contributed by atoms with Crippen LogP contribution in [0.25, 0.3) is 0 Å². The van der Waals surface area contributed by atoms with Gasteiger partial charge in [0.05, 0.1) is 6.42 Å². The molecule has 1 fully saturated rings. The highest BCUT2D eigenvalue weighted by molar-refractivity contribution is 5.86. The number of carbonyl (C=O) groups is 3. The lowest BCUT2D eigenvalue weighted by atomic mass is 10.1. The van der Waals surface area contributed by atoms with Crippen LogP contribution in [0.2, 0.25) is 0 Å². The second kappa shape index (κ2) is 7.09. The molecule has 3 N–H and O–H groups in total. The summed E-state index contributed by atoms with van der Waals surface area (Å²) in [4.78, 5) is 36.8. The number of urea groups is 1. The Balaban J connectivity index is 2.46. The Hall–Kier alpha value is -1.83. The summed E-state index contributed by atoms with van der Waals surface area (Å²) in [6.07, 6.45) is 0.354. The van der Waals surface area contributed by atoms with Gasteiger partial charge in [0.25, 0.3) is 0 Å². The molecule has 0 radical (unpaired) electrons. The number of nitrogens with zero attached hydrogens (tertiary/aromatic N) is 2. The van der Waals surface area contributed by atoms with Crippen molar-refractivity contribution in [3.63, 3.8) is 0 Å². The predicted molar refractivity (Wildman–Crippen MR) is 70.4 cm³/mol. The fraction of sp³-hybridized carbons (Fsp3) is 0.750. The summed E-state index contributed by atoms with van der Waals surface area (Å²) < 4.78 is 0. The lowest BCUT2D eigenvalue weighted by Gasteiger charge is -2.23. The molecule has 0 bridgehead atoms. The van der Waals surface area contributed by atoms with Crippen LogP contribution in [-0.4, -0.2) is 77.8 Å². The van der Waals surface area contributed by atoms with Gasteiger partial charge < -0.3 is 25.3 Å². The standard InChI is InChI=1S/C12H21N3O5/c1-14-4-3-8(6-14)7-15(2)12(20)13-9(11(18)19)5-10(16)17/h8-9H,3-7H2,1-2H3,(H,13,20)(H,16,17)(H,18,19)/t8?,9-/m0/s1. The number of carbonyl (C=O) groups excluding carboxylic acids is 1. The lowest BCUT2D eigenvalue weighted by Crippen LogP contribution is -2.48. The Morgan fingerprint density at radius 2 is 2.05 bits per heavy atom. The van der Waals surface area contributed by atoms with E-state index in [1.54, 1.807) is 7.05 Å². The van der Waals surface area contributed by atoms with Crippen molar-refractivity contribution in [2.75, 3.05) is 33.7 Å². The third-order valence-electron chi connectivity index (χ3n) is 3.34. The molecule has 0 saturated carbocycles. The minimum Gasteiger partial charge on any atom is -0.481 e. The number of rotatable bonds is 6. The first kappa shape index (κ1) is 16.2. The van der Waals surface area contributed by atoms with Crippen LogP contribution in [-0.2, 0) is 9.59 Å². The molecule has 114 valence electrons. The van der Waals surface area contributed by atoms with E-state index in [9.17, 15) is 14.4 Å². The zero-order valence-electron chi connectivity index (χ0n) is 11.7. The molecular formula is C12H21N3O5. The highest BCUT2D eigenvalue weighted by atomic mass is 16.4. The SMILES string of the molecule is CN1CCC(CN(C)C(=O)N[C@@H](CC(=O)O)C(=O)O)C1. The monoisotopic (exact) mass is 287 g/mol. The highest BCUT2D eigenvalue weighted by Gasteiger charge is 2.26. The van der Waals surface area contributed by atoms with Gasteiger partial charge in [-0.1, -0.05) is 0 Å². The van der Waals surface area contributed by atoms with E-state index in [1.165, 1.54) is 4.90 Å². The first-order chi connectivity index (χ1) is 9.29. The normalized spacial score (nSPS) is 20.4. The van der Waals surface area contributed by atoms with Gasteiger partial charge in [-0.15, -0.1) is 0 Å². The predicted octanol–water partition coefficient (Wildman–Crippen LogP) is -0.493. The summed E-state index contributed by atoms with van der Waals surface area (Å²) >= 11 is 0. The van der Waals surface area contributed by atoms with Gasteiger partial charge >= 0.3 is 18.0 Å². The number of likely N-dealkylation sites (tertiary alicyclic amines) is 1. The average molecular weight is 287 g/mol. The molecule has 2 atom stereocenters. The highest BCUT2D eigenvalue weighted by Crippen LogP contribution is 2.15. The van der Waals surface area contributed by atoms with E-state index in [2.05, 4.69) is 10.2 Å². The summed E-state index contributed by atoms with van der Waals surface area (Å²) in [5.41, 5.74) is 0. The first-order valence-electron chi connectivity index (χ1n) is 6.44. The van der Waals surface area contributed by atoms with E-state index in [-0.39, 0.29) is 0 Å². The number of amides is 2. The average Bonchev–Trinajstić information content (AvgIpc) is 2.72. The third-order valence-corrected chi connectivity index (χ3v) is 3.34. The van der Waals surface area contributed by atoms with Crippen molar-refractivity contribution in [1.82, 2.24) is 15.1 Å². The zero-order valence-corrected chi connectivity index (χ0v) is 11.7. The lowest BCUT2D eigenvalue weighted by molar-refractivity contribution is -0.145. The number of carboxylic acids is 2. The Morgan fingerprint density at radius 1 is 1.40 bits per heavy atom. The molecule has 0 aromatic heterocycles. The first-order valence-corrected chi connectivity index (χ1v) is 6.44.